The largest absolute Gasteiger partial charge is 0.416 e. The first-order valence-electron chi connectivity index (χ1n) is 13.9. The van der Waals surface area contributed by atoms with Crippen molar-refractivity contribution in [2.24, 2.45) is 40.4 Å². The molecule has 2 nitrogen and oxygen atoms in total. The van der Waals surface area contributed by atoms with Crippen LogP contribution >= 0.6 is 0 Å². The van der Waals surface area contributed by atoms with Crippen molar-refractivity contribution in [3.8, 4) is 0 Å². The van der Waals surface area contributed by atoms with E-state index in [2.05, 4.69) is 33.8 Å². The predicted octanol–water partition coefficient (Wildman–Crippen LogP) is 7.83. The summed E-state index contributed by atoms with van der Waals surface area (Å²) in [5.74, 6) is 2.53. The van der Waals surface area contributed by atoms with Crippen LogP contribution in [-0.4, -0.2) is 27.6 Å². The Bertz CT molecular complexity index is 789. The van der Waals surface area contributed by atoms with E-state index in [9.17, 15) is 23.4 Å². The molecule has 0 amide bonds. The molecule has 0 unspecified atom stereocenters. The molecule has 0 aromatic heterocycles. The second-order valence-electron chi connectivity index (χ2n) is 13.4. The van der Waals surface area contributed by atoms with E-state index in [0.717, 1.165) is 58.3 Å². The molecule has 5 heteroatoms. The summed E-state index contributed by atoms with van der Waals surface area (Å²) in [7, 11) is 0. The minimum atomic E-state index is -4.57. The zero-order valence-electron chi connectivity index (χ0n) is 22.0. The number of rotatable bonds is 5. The lowest BCUT2D eigenvalue weighted by molar-refractivity contribution is -0.256. The van der Waals surface area contributed by atoms with Crippen LogP contribution in [0.25, 0.3) is 0 Å². The van der Waals surface area contributed by atoms with Crippen LogP contribution in [0.2, 0.25) is 0 Å². The molecule has 0 aromatic carbocycles. The van der Waals surface area contributed by atoms with Gasteiger partial charge in [-0.15, -0.1) is 0 Å². The Morgan fingerprint density at radius 3 is 2.44 bits per heavy atom. The summed E-state index contributed by atoms with van der Waals surface area (Å²) in [6.07, 6.45) is 8.65. The van der Waals surface area contributed by atoms with E-state index in [1.165, 1.54) is 18.4 Å². The lowest BCUT2D eigenvalue weighted by Gasteiger charge is -2.63. The highest BCUT2D eigenvalue weighted by Crippen LogP contribution is 2.66. The van der Waals surface area contributed by atoms with Crippen LogP contribution in [-0.2, 0) is 0 Å². The Morgan fingerprint density at radius 2 is 1.79 bits per heavy atom. The highest BCUT2D eigenvalue weighted by Gasteiger charge is 2.59. The number of hydrogen-bond acceptors (Lipinski definition) is 2. The van der Waals surface area contributed by atoms with Crippen molar-refractivity contribution in [3.05, 3.63) is 11.6 Å². The summed E-state index contributed by atoms with van der Waals surface area (Å²) >= 11 is 0. The molecular formula is C29H47F3O2. The highest BCUT2D eigenvalue weighted by molar-refractivity contribution is 5.27. The summed E-state index contributed by atoms with van der Waals surface area (Å²) < 4.78 is 39.7. The average molecular weight is 485 g/mol. The fourth-order valence-electron chi connectivity index (χ4n) is 9.04. The third-order valence-corrected chi connectivity index (χ3v) is 11.6. The summed E-state index contributed by atoms with van der Waals surface area (Å²) in [4.78, 5) is 0. The van der Waals surface area contributed by atoms with Crippen molar-refractivity contribution in [2.75, 3.05) is 0 Å². The van der Waals surface area contributed by atoms with Crippen LogP contribution in [0.5, 0.6) is 0 Å². The topological polar surface area (TPSA) is 40.5 Å². The molecule has 0 radical (unpaired) electrons. The van der Waals surface area contributed by atoms with Crippen LogP contribution < -0.4 is 0 Å². The van der Waals surface area contributed by atoms with Gasteiger partial charge in [-0.25, -0.2) is 0 Å². The molecule has 3 fully saturated rings. The van der Waals surface area contributed by atoms with Crippen molar-refractivity contribution >= 4 is 0 Å². The van der Waals surface area contributed by atoms with Gasteiger partial charge in [-0.3, -0.25) is 0 Å². The molecule has 4 aliphatic carbocycles. The molecule has 9 atom stereocenters. The number of allylic oxidation sites excluding steroid dienone is 1. The lowest BCUT2D eigenvalue weighted by Crippen LogP contribution is -2.55. The first kappa shape index (κ1) is 26.5. The first-order chi connectivity index (χ1) is 15.7. The molecule has 0 saturated heterocycles. The smallest absolute Gasteiger partial charge is 0.390 e. The summed E-state index contributed by atoms with van der Waals surface area (Å²) in [6.45, 7) is 10.0. The van der Waals surface area contributed by atoms with E-state index in [4.69, 9.17) is 0 Å². The number of aliphatic hydroxyl groups is 2. The fourth-order valence-corrected chi connectivity index (χ4v) is 9.04. The molecule has 3 saturated carbocycles. The van der Waals surface area contributed by atoms with E-state index in [1.807, 2.05) is 0 Å². The van der Waals surface area contributed by atoms with Crippen LogP contribution in [0.4, 0.5) is 13.2 Å². The van der Waals surface area contributed by atoms with Gasteiger partial charge in [-0.05, 0) is 118 Å². The molecule has 2 N–H and O–H groups in total. The summed E-state index contributed by atoms with van der Waals surface area (Å²) in [5, 5.41) is 21.0. The van der Waals surface area contributed by atoms with Gasteiger partial charge in [0.2, 0.25) is 0 Å². The molecule has 34 heavy (non-hydrogen) atoms. The number of alkyl halides is 3. The maximum atomic E-state index is 13.2. The summed E-state index contributed by atoms with van der Waals surface area (Å²) in [5.41, 5.74) is -1.29. The molecule has 0 spiro atoms. The Balaban J connectivity index is 1.52. The van der Waals surface area contributed by atoms with Gasteiger partial charge in [-0.2, -0.15) is 13.2 Å². The van der Waals surface area contributed by atoms with Gasteiger partial charge in [0, 0.05) is 0 Å². The van der Waals surface area contributed by atoms with Gasteiger partial charge in [0.05, 0.1) is 5.60 Å². The van der Waals surface area contributed by atoms with Gasteiger partial charge >= 0.3 is 6.18 Å². The van der Waals surface area contributed by atoms with Gasteiger partial charge in [0.25, 0.3) is 0 Å². The Hall–Kier alpha value is -0.550. The summed E-state index contributed by atoms with van der Waals surface area (Å²) in [6, 6.07) is 0. The minimum Gasteiger partial charge on any atom is -0.390 e. The molecule has 4 rings (SSSR count). The standard InChI is InChI=1S/C29H47F3O2/c1-6-28(34)17-16-25(3)20(18-28)10-11-21-23-9-7-8-22(26(23,4)14-13-24(21)25)19(2)12-15-27(5,33)29(30,31)32/h10,19,21-24,33-34H,6-9,11-18H2,1-5H3/t19-,21+,22-,23+,24+,25+,26-,27-,28+/m1/s1. The van der Waals surface area contributed by atoms with Crippen LogP contribution in [0, 0.1) is 40.4 Å². The van der Waals surface area contributed by atoms with Gasteiger partial charge < -0.3 is 10.2 Å². The van der Waals surface area contributed by atoms with Crippen LogP contribution in [0.1, 0.15) is 112 Å². The molecule has 4 aliphatic rings. The van der Waals surface area contributed by atoms with Crippen molar-refractivity contribution in [2.45, 2.75) is 129 Å². The number of halogens is 3. The van der Waals surface area contributed by atoms with Gasteiger partial charge in [0.15, 0.2) is 5.60 Å². The molecule has 0 bridgehead atoms. The monoisotopic (exact) mass is 484 g/mol. The van der Waals surface area contributed by atoms with Crippen molar-refractivity contribution in [1.82, 2.24) is 0 Å². The Morgan fingerprint density at radius 1 is 1.09 bits per heavy atom. The normalized spacial score (nSPS) is 45.3. The second-order valence-corrected chi connectivity index (χ2v) is 13.4. The zero-order valence-corrected chi connectivity index (χ0v) is 22.0. The number of hydrogen-bond donors (Lipinski definition) is 2. The maximum Gasteiger partial charge on any atom is 0.416 e. The molecule has 196 valence electrons. The third kappa shape index (κ3) is 4.29. The van der Waals surface area contributed by atoms with E-state index in [-0.39, 0.29) is 23.2 Å². The predicted molar refractivity (Wildman–Crippen MR) is 130 cm³/mol. The molecule has 0 heterocycles. The Kier molecular flexibility index (Phi) is 6.85. The van der Waals surface area contributed by atoms with Crippen molar-refractivity contribution in [1.29, 1.82) is 0 Å². The fraction of sp³-hybridized carbons (Fsp3) is 0.931. The maximum absolute atomic E-state index is 13.2. The second kappa shape index (κ2) is 8.78. The molecular weight excluding hydrogens is 437 g/mol. The lowest BCUT2D eigenvalue weighted by atomic mass is 9.42. The van der Waals surface area contributed by atoms with E-state index >= 15 is 0 Å². The van der Waals surface area contributed by atoms with E-state index in [0.29, 0.717) is 30.1 Å². The van der Waals surface area contributed by atoms with Gasteiger partial charge in [0.1, 0.15) is 0 Å². The molecule has 0 aromatic rings. The third-order valence-electron chi connectivity index (χ3n) is 11.6. The number of fused-ring (bicyclic) bond motifs is 5. The van der Waals surface area contributed by atoms with E-state index in [1.54, 1.807) is 0 Å². The zero-order chi connectivity index (χ0) is 25.2. The van der Waals surface area contributed by atoms with E-state index < -0.39 is 17.4 Å². The van der Waals surface area contributed by atoms with Crippen LogP contribution in [0.15, 0.2) is 11.6 Å². The first-order valence-corrected chi connectivity index (χ1v) is 13.9. The van der Waals surface area contributed by atoms with Gasteiger partial charge in [-0.1, -0.05) is 45.8 Å². The Labute approximate surface area is 204 Å². The quantitative estimate of drug-likeness (QED) is 0.390. The SMILES string of the molecule is CC[C@]1(O)CC[C@@]2(C)C(=CC[C@H]3[C@@H]4CCC[C@H]([C@H](C)CC[C@@](C)(O)C(F)(F)F)[C@@]4(C)CC[C@@H]32)C1. The van der Waals surface area contributed by atoms with Crippen molar-refractivity contribution in [3.63, 3.8) is 0 Å². The van der Waals surface area contributed by atoms with Crippen LogP contribution in [0.3, 0.4) is 0 Å². The minimum absolute atomic E-state index is 0.170. The van der Waals surface area contributed by atoms with Crippen molar-refractivity contribution < 1.29 is 23.4 Å². The highest BCUT2D eigenvalue weighted by atomic mass is 19.4. The average Bonchev–Trinajstić information content (AvgIpc) is 2.76. The molecule has 0 aliphatic heterocycles.